The van der Waals surface area contributed by atoms with E-state index in [0.717, 1.165) is 16.8 Å². The first-order valence-corrected chi connectivity index (χ1v) is 8.34. The van der Waals surface area contributed by atoms with Gasteiger partial charge in [-0.1, -0.05) is 42.5 Å². The number of carbonyl (C=O) groups excluding carboxylic acids is 2. The Balaban J connectivity index is 2.03. The molecular formula is C20H25N3O2. The lowest BCUT2D eigenvalue weighted by Crippen LogP contribution is -2.39. The zero-order chi connectivity index (χ0) is 18.4. The number of nitrogens with zero attached hydrogens (tertiary/aromatic N) is 1. The van der Waals surface area contributed by atoms with Crippen LogP contribution in [0.4, 0.5) is 10.5 Å². The molecule has 3 amide bonds. The fourth-order valence-corrected chi connectivity index (χ4v) is 2.59. The number of anilines is 1. The van der Waals surface area contributed by atoms with E-state index in [0.29, 0.717) is 0 Å². The number of hydrogen-bond acceptors (Lipinski definition) is 2. The molecule has 0 bridgehead atoms. The first-order chi connectivity index (χ1) is 11.9. The predicted molar refractivity (Wildman–Crippen MR) is 100 cm³/mol. The molecular weight excluding hydrogens is 314 g/mol. The topological polar surface area (TPSA) is 61.4 Å². The number of amides is 3. The first kappa shape index (κ1) is 18.5. The van der Waals surface area contributed by atoms with Crippen LogP contribution in [-0.4, -0.2) is 23.9 Å². The van der Waals surface area contributed by atoms with Gasteiger partial charge in [0.1, 0.15) is 0 Å². The molecule has 132 valence electrons. The highest BCUT2D eigenvalue weighted by Gasteiger charge is 2.19. The predicted octanol–water partition coefficient (Wildman–Crippen LogP) is 4.11. The van der Waals surface area contributed by atoms with Gasteiger partial charge in [0.2, 0.25) is 5.91 Å². The quantitative estimate of drug-likeness (QED) is 0.861. The summed E-state index contributed by atoms with van der Waals surface area (Å²) in [6, 6.07) is 17.0. The molecule has 0 aliphatic rings. The summed E-state index contributed by atoms with van der Waals surface area (Å²) in [4.78, 5) is 25.4. The average molecular weight is 339 g/mol. The number of hydrogen-bond donors (Lipinski definition) is 2. The fraction of sp³-hybridized carbons (Fsp3) is 0.300. The van der Waals surface area contributed by atoms with Crippen LogP contribution in [0.2, 0.25) is 0 Å². The maximum atomic E-state index is 12.5. The van der Waals surface area contributed by atoms with Crippen LogP contribution in [0.3, 0.4) is 0 Å². The van der Waals surface area contributed by atoms with Gasteiger partial charge in [-0.05, 0) is 37.1 Å². The molecule has 2 rings (SSSR count). The van der Waals surface area contributed by atoms with Crippen molar-refractivity contribution in [2.24, 2.45) is 0 Å². The second-order valence-corrected chi connectivity index (χ2v) is 6.18. The molecule has 0 spiro atoms. The largest absolute Gasteiger partial charge is 0.331 e. The molecule has 5 heteroatoms. The third kappa shape index (κ3) is 5.08. The summed E-state index contributed by atoms with van der Waals surface area (Å²) >= 11 is 0. The molecule has 0 unspecified atom stereocenters. The van der Waals surface area contributed by atoms with E-state index in [4.69, 9.17) is 0 Å². The van der Waals surface area contributed by atoms with Gasteiger partial charge in [-0.15, -0.1) is 0 Å². The summed E-state index contributed by atoms with van der Waals surface area (Å²) < 4.78 is 0. The van der Waals surface area contributed by atoms with Crippen LogP contribution >= 0.6 is 0 Å². The number of nitrogens with one attached hydrogen (secondary N) is 2. The second kappa shape index (κ2) is 8.33. The molecule has 0 fully saturated rings. The van der Waals surface area contributed by atoms with Crippen LogP contribution in [0.1, 0.15) is 44.0 Å². The normalized spacial score (nSPS) is 12.8. The Morgan fingerprint density at radius 3 is 2.24 bits per heavy atom. The highest BCUT2D eigenvalue weighted by atomic mass is 16.2. The Kier molecular flexibility index (Phi) is 6.17. The first-order valence-electron chi connectivity index (χ1n) is 8.34. The lowest BCUT2D eigenvalue weighted by molar-refractivity contribution is -0.114. The Bertz CT molecular complexity index is 731. The number of carbonyl (C=O) groups is 2. The van der Waals surface area contributed by atoms with Crippen molar-refractivity contribution in [2.75, 3.05) is 12.4 Å². The molecule has 2 aromatic carbocycles. The van der Waals surface area contributed by atoms with Gasteiger partial charge in [-0.3, -0.25) is 4.79 Å². The van der Waals surface area contributed by atoms with Crippen molar-refractivity contribution >= 4 is 17.6 Å². The molecule has 25 heavy (non-hydrogen) atoms. The SMILES string of the molecule is CC(=O)Nc1cccc([C@@H](C)NC(=O)N(C)[C@H](C)c2ccccc2)c1. The Hall–Kier alpha value is -2.82. The Morgan fingerprint density at radius 2 is 1.60 bits per heavy atom. The summed E-state index contributed by atoms with van der Waals surface area (Å²) in [7, 11) is 1.79. The van der Waals surface area contributed by atoms with Crippen LogP contribution < -0.4 is 10.6 Å². The van der Waals surface area contributed by atoms with Gasteiger partial charge in [0.25, 0.3) is 0 Å². The van der Waals surface area contributed by atoms with Gasteiger partial charge in [0.15, 0.2) is 0 Å². The zero-order valence-corrected chi connectivity index (χ0v) is 15.1. The van der Waals surface area contributed by atoms with Crippen molar-refractivity contribution in [3.05, 3.63) is 65.7 Å². The summed E-state index contributed by atoms with van der Waals surface area (Å²) in [5, 5.41) is 5.76. The summed E-state index contributed by atoms with van der Waals surface area (Å²) in [6.07, 6.45) is 0. The van der Waals surface area contributed by atoms with Gasteiger partial charge in [-0.25, -0.2) is 4.79 Å². The minimum absolute atomic E-state index is 0.0286. The van der Waals surface area contributed by atoms with Crippen LogP contribution in [-0.2, 0) is 4.79 Å². The molecule has 2 N–H and O–H groups in total. The molecule has 2 aromatic rings. The number of urea groups is 1. The van der Waals surface area contributed by atoms with E-state index in [1.165, 1.54) is 6.92 Å². The van der Waals surface area contributed by atoms with E-state index in [1.54, 1.807) is 11.9 Å². The maximum Gasteiger partial charge on any atom is 0.318 e. The third-order valence-electron chi connectivity index (χ3n) is 4.23. The fourth-order valence-electron chi connectivity index (χ4n) is 2.59. The molecule has 0 saturated carbocycles. The minimum atomic E-state index is -0.174. The highest BCUT2D eigenvalue weighted by Crippen LogP contribution is 2.21. The molecule has 0 aromatic heterocycles. The van der Waals surface area contributed by atoms with Crippen molar-refractivity contribution in [3.63, 3.8) is 0 Å². The van der Waals surface area contributed by atoms with E-state index in [-0.39, 0.29) is 24.0 Å². The van der Waals surface area contributed by atoms with Crippen molar-refractivity contribution in [3.8, 4) is 0 Å². The molecule has 0 heterocycles. The van der Waals surface area contributed by atoms with Crippen molar-refractivity contribution in [2.45, 2.75) is 32.9 Å². The van der Waals surface area contributed by atoms with E-state index in [1.807, 2.05) is 68.4 Å². The van der Waals surface area contributed by atoms with Gasteiger partial charge < -0.3 is 15.5 Å². The summed E-state index contributed by atoms with van der Waals surface area (Å²) in [5.74, 6) is -0.120. The molecule has 0 saturated heterocycles. The maximum absolute atomic E-state index is 12.5. The van der Waals surface area contributed by atoms with E-state index in [2.05, 4.69) is 10.6 Å². The lowest BCUT2D eigenvalue weighted by atomic mass is 10.1. The van der Waals surface area contributed by atoms with Crippen molar-refractivity contribution < 1.29 is 9.59 Å². The average Bonchev–Trinajstić information content (AvgIpc) is 2.60. The van der Waals surface area contributed by atoms with Gasteiger partial charge in [-0.2, -0.15) is 0 Å². The minimum Gasteiger partial charge on any atom is -0.331 e. The molecule has 0 radical (unpaired) electrons. The summed E-state index contributed by atoms with van der Waals surface area (Å²) in [5.41, 5.74) is 2.73. The molecule has 0 aliphatic carbocycles. The number of benzene rings is 2. The lowest BCUT2D eigenvalue weighted by Gasteiger charge is -2.27. The van der Waals surface area contributed by atoms with Crippen LogP contribution in [0.5, 0.6) is 0 Å². The van der Waals surface area contributed by atoms with E-state index >= 15 is 0 Å². The van der Waals surface area contributed by atoms with Crippen molar-refractivity contribution in [1.82, 2.24) is 10.2 Å². The van der Waals surface area contributed by atoms with E-state index in [9.17, 15) is 9.59 Å². The zero-order valence-electron chi connectivity index (χ0n) is 15.1. The van der Waals surface area contributed by atoms with Gasteiger partial charge >= 0.3 is 6.03 Å². The smallest absolute Gasteiger partial charge is 0.318 e. The van der Waals surface area contributed by atoms with Gasteiger partial charge in [0.05, 0.1) is 12.1 Å². The molecule has 5 nitrogen and oxygen atoms in total. The standard InChI is InChI=1S/C20H25N3O2/c1-14(18-11-8-12-19(13-18)22-16(3)24)21-20(25)23(4)15(2)17-9-6-5-7-10-17/h5-15H,1-4H3,(H,21,25)(H,22,24)/t14-,15-/m1/s1. The van der Waals surface area contributed by atoms with E-state index < -0.39 is 0 Å². The van der Waals surface area contributed by atoms with Gasteiger partial charge in [0, 0.05) is 19.7 Å². The Labute approximate surface area is 149 Å². The monoisotopic (exact) mass is 339 g/mol. The van der Waals surface area contributed by atoms with Crippen LogP contribution in [0.15, 0.2) is 54.6 Å². The van der Waals surface area contributed by atoms with Crippen LogP contribution in [0.25, 0.3) is 0 Å². The third-order valence-corrected chi connectivity index (χ3v) is 4.23. The molecule has 0 aliphatic heterocycles. The molecule has 2 atom stereocenters. The second-order valence-electron chi connectivity index (χ2n) is 6.18. The van der Waals surface area contributed by atoms with Crippen molar-refractivity contribution in [1.29, 1.82) is 0 Å². The Morgan fingerprint density at radius 1 is 0.960 bits per heavy atom. The summed E-state index contributed by atoms with van der Waals surface area (Å²) in [6.45, 7) is 5.39. The number of rotatable bonds is 5. The van der Waals surface area contributed by atoms with Crippen LogP contribution in [0, 0.1) is 0 Å². The highest BCUT2D eigenvalue weighted by molar-refractivity contribution is 5.88.